The Morgan fingerprint density at radius 2 is 1.53 bits per heavy atom. The summed E-state index contributed by atoms with van der Waals surface area (Å²) in [4.78, 5) is 18.4. The van der Waals surface area contributed by atoms with Gasteiger partial charge in [0.2, 0.25) is 5.91 Å². The molecule has 2 atom stereocenters. The molecule has 3 aromatic rings. The average Bonchev–Trinajstić information content (AvgIpc) is 2.89. The van der Waals surface area contributed by atoms with E-state index >= 15 is 0 Å². The number of amides is 1. The van der Waals surface area contributed by atoms with Gasteiger partial charge in [-0.25, -0.2) is 0 Å². The van der Waals surface area contributed by atoms with Crippen molar-refractivity contribution in [2.45, 2.75) is 44.4 Å². The maximum absolute atomic E-state index is 13.9. The highest BCUT2D eigenvalue weighted by Crippen LogP contribution is 2.44. The van der Waals surface area contributed by atoms with E-state index in [1.165, 1.54) is 16.7 Å². The third-order valence-corrected chi connectivity index (χ3v) is 7.17. The van der Waals surface area contributed by atoms with Crippen LogP contribution in [0.25, 0.3) is 0 Å². The van der Waals surface area contributed by atoms with Crippen molar-refractivity contribution in [2.24, 2.45) is 0 Å². The standard InChI is InChI=1S/C29H32N2O3/c1-33-24-17-23-15-16-31-25(28(23)27(18-24)34-2)13-14-26(29(31)32)30(19-21-9-5-3-6-10-21)20-22-11-7-4-8-12-22/h3-12,17-18,25-26H,13-16,19-20H2,1-2H3/t25-,26-/m0/s1. The fraction of sp³-hybridized carbons (Fsp3) is 0.345. The van der Waals surface area contributed by atoms with Crippen molar-refractivity contribution >= 4 is 5.91 Å². The van der Waals surface area contributed by atoms with Crippen LogP contribution < -0.4 is 9.47 Å². The lowest BCUT2D eigenvalue weighted by atomic mass is 9.84. The molecule has 2 aliphatic rings. The number of benzene rings is 3. The molecule has 0 bridgehead atoms. The van der Waals surface area contributed by atoms with Crippen LogP contribution in [0.4, 0.5) is 0 Å². The zero-order chi connectivity index (χ0) is 23.5. The van der Waals surface area contributed by atoms with Gasteiger partial charge >= 0.3 is 0 Å². The van der Waals surface area contributed by atoms with Gasteiger partial charge in [0, 0.05) is 31.3 Å². The molecule has 0 radical (unpaired) electrons. The van der Waals surface area contributed by atoms with Gasteiger partial charge in [-0.3, -0.25) is 9.69 Å². The number of fused-ring (bicyclic) bond motifs is 3. The number of methoxy groups -OCH3 is 2. The van der Waals surface area contributed by atoms with Crippen LogP contribution in [0.5, 0.6) is 11.5 Å². The van der Waals surface area contributed by atoms with E-state index in [1.54, 1.807) is 14.2 Å². The van der Waals surface area contributed by atoms with Gasteiger partial charge in [0.25, 0.3) is 0 Å². The first kappa shape index (κ1) is 22.5. The Kier molecular flexibility index (Phi) is 6.54. The number of hydrogen-bond acceptors (Lipinski definition) is 4. The Labute approximate surface area is 201 Å². The van der Waals surface area contributed by atoms with Gasteiger partial charge in [-0.15, -0.1) is 0 Å². The second-order valence-corrected chi connectivity index (χ2v) is 9.17. The largest absolute Gasteiger partial charge is 0.497 e. The minimum atomic E-state index is -0.137. The predicted octanol–water partition coefficient (Wildman–Crippen LogP) is 4.99. The van der Waals surface area contributed by atoms with Crippen LogP contribution in [0.3, 0.4) is 0 Å². The lowest BCUT2D eigenvalue weighted by Crippen LogP contribution is -2.54. The van der Waals surface area contributed by atoms with Gasteiger partial charge < -0.3 is 14.4 Å². The summed E-state index contributed by atoms with van der Waals surface area (Å²) in [6.07, 6.45) is 2.57. The topological polar surface area (TPSA) is 42.0 Å². The van der Waals surface area contributed by atoms with Gasteiger partial charge in [-0.2, -0.15) is 0 Å². The summed E-state index contributed by atoms with van der Waals surface area (Å²) in [5, 5.41) is 0. The van der Waals surface area contributed by atoms with E-state index in [1.807, 2.05) is 18.2 Å². The van der Waals surface area contributed by atoms with E-state index in [4.69, 9.17) is 9.47 Å². The van der Waals surface area contributed by atoms with Gasteiger partial charge in [0.05, 0.1) is 26.3 Å². The molecule has 0 aromatic heterocycles. The number of piperidine rings is 1. The Hall–Kier alpha value is -3.31. The third kappa shape index (κ3) is 4.40. The van der Waals surface area contributed by atoms with E-state index in [-0.39, 0.29) is 18.0 Å². The number of ether oxygens (including phenoxy) is 2. The summed E-state index contributed by atoms with van der Waals surface area (Å²) >= 11 is 0. The van der Waals surface area contributed by atoms with Gasteiger partial charge in [-0.05, 0) is 42.0 Å². The van der Waals surface area contributed by atoms with Crippen molar-refractivity contribution < 1.29 is 14.3 Å². The van der Waals surface area contributed by atoms with Crippen molar-refractivity contribution in [3.8, 4) is 11.5 Å². The molecule has 0 unspecified atom stereocenters. The molecule has 5 rings (SSSR count). The minimum Gasteiger partial charge on any atom is -0.497 e. The monoisotopic (exact) mass is 456 g/mol. The molecule has 0 spiro atoms. The molecular weight excluding hydrogens is 424 g/mol. The highest BCUT2D eigenvalue weighted by Gasteiger charge is 2.42. The summed E-state index contributed by atoms with van der Waals surface area (Å²) in [5.74, 6) is 1.85. The zero-order valence-electron chi connectivity index (χ0n) is 19.9. The maximum Gasteiger partial charge on any atom is 0.240 e. The Morgan fingerprint density at radius 3 is 2.12 bits per heavy atom. The van der Waals surface area contributed by atoms with E-state index in [0.29, 0.717) is 0 Å². The first-order chi connectivity index (χ1) is 16.7. The summed E-state index contributed by atoms with van der Waals surface area (Å²) in [5.41, 5.74) is 4.84. The van der Waals surface area contributed by atoms with Gasteiger partial charge in [0.15, 0.2) is 0 Å². The molecule has 0 N–H and O–H groups in total. The van der Waals surface area contributed by atoms with Crippen molar-refractivity contribution in [2.75, 3.05) is 20.8 Å². The molecular formula is C29H32N2O3. The predicted molar refractivity (Wildman–Crippen MR) is 133 cm³/mol. The second kappa shape index (κ2) is 9.90. The van der Waals surface area contributed by atoms with Crippen molar-refractivity contribution in [1.29, 1.82) is 0 Å². The average molecular weight is 457 g/mol. The first-order valence-electron chi connectivity index (χ1n) is 12.0. The summed E-state index contributed by atoms with van der Waals surface area (Å²) in [6, 6.07) is 24.9. The van der Waals surface area contributed by atoms with E-state index in [2.05, 4.69) is 64.4 Å². The maximum atomic E-state index is 13.9. The lowest BCUT2D eigenvalue weighted by molar-refractivity contribution is -0.145. The minimum absolute atomic E-state index is 0.0589. The number of carbonyl (C=O) groups is 1. The van der Waals surface area contributed by atoms with Crippen LogP contribution in [0.2, 0.25) is 0 Å². The zero-order valence-corrected chi connectivity index (χ0v) is 19.9. The highest BCUT2D eigenvalue weighted by molar-refractivity contribution is 5.84. The molecule has 2 aliphatic heterocycles. The number of rotatable bonds is 7. The normalized spacial score (nSPS) is 19.5. The SMILES string of the molecule is COc1cc2c(c(OC)c1)[C@@H]1CC[C@H](N(Cc3ccccc3)Cc3ccccc3)C(=O)N1CC2. The summed E-state index contributed by atoms with van der Waals surface area (Å²) in [7, 11) is 3.38. The first-order valence-corrected chi connectivity index (χ1v) is 12.0. The molecule has 3 aromatic carbocycles. The Morgan fingerprint density at radius 1 is 0.882 bits per heavy atom. The quantitative estimate of drug-likeness (QED) is 0.502. The Bertz CT molecular complexity index is 1070. The molecule has 1 amide bonds. The smallest absolute Gasteiger partial charge is 0.240 e. The van der Waals surface area contributed by atoms with Crippen LogP contribution in [0.15, 0.2) is 72.8 Å². The van der Waals surface area contributed by atoms with E-state index in [9.17, 15) is 4.79 Å². The molecule has 176 valence electrons. The van der Waals surface area contributed by atoms with Crippen LogP contribution in [0, 0.1) is 0 Å². The fourth-order valence-corrected chi connectivity index (χ4v) is 5.53. The van der Waals surface area contributed by atoms with Crippen molar-refractivity contribution in [3.05, 3.63) is 95.1 Å². The van der Waals surface area contributed by atoms with Crippen LogP contribution in [0.1, 0.15) is 41.1 Å². The second-order valence-electron chi connectivity index (χ2n) is 9.17. The molecule has 1 fully saturated rings. The Balaban J connectivity index is 1.43. The number of carbonyl (C=O) groups excluding carboxylic acids is 1. The molecule has 34 heavy (non-hydrogen) atoms. The van der Waals surface area contributed by atoms with Crippen LogP contribution >= 0.6 is 0 Å². The van der Waals surface area contributed by atoms with Gasteiger partial charge in [0.1, 0.15) is 11.5 Å². The highest BCUT2D eigenvalue weighted by atomic mass is 16.5. The van der Waals surface area contributed by atoms with Crippen molar-refractivity contribution in [3.63, 3.8) is 0 Å². The molecule has 2 heterocycles. The van der Waals surface area contributed by atoms with Crippen molar-refractivity contribution in [1.82, 2.24) is 9.80 Å². The summed E-state index contributed by atoms with van der Waals surface area (Å²) in [6.45, 7) is 2.23. The molecule has 5 heteroatoms. The van der Waals surface area contributed by atoms with E-state index in [0.717, 1.165) is 56.0 Å². The molecule has 1 saturated heterocycles. The number of nitrogens with zero attached hydrogens (tertiary/aromatic N) is 2. The molecule has 0 aliphatic carbocycles. The van der Waals surface area contributed by atoms with E-state index < -0.39 is 0 Å². The summed E-state index contributed by atoms with van der Waals surface area (Å²) < 4.78 is 11.2. The molecule has 0 saturated carbocycles. The molecule has 5 nitrogen and oxygen atoms in total. The van der Waals surface area contributed by atoms with Crippen LogP contribution in [-0.4, -0.2) is 42.5 Å². The fourth-order valence-electron chi connectivity index (χ4n) is 5.53. The third-order valence-electron chi connectivity index (χ3n) is 7.17. The van der Waals surface area contributed by atoms with Crippen LogP contribution in [-0.2, 0) is 24.3 Å². The lowest BCUT2D eigenvalue weighted by Gasteiger charge is -2.46. The number of hydrogen-bond donors (Lipinski definition) is 0. The van der Waals surface area contributed by atoms with Gasteiger partial charge in [-0.1, -0.05) is 60.7 Å².